The summed E-state index contributed by atoms with van der Waals surface area (Å²) in [6, 6.07) is 3.36. The first-order valence-electron chi connectivity index (χ1n) is 10.8. The Kier molecular flexibility index (Phi) is 10.3. The van der Waals surface area contributed by atoms with E-state index in [0.29, 0.717) is 48.6 Å². The van der Waals surface area contributed by atoms with E-state index >= 15 is 0 Å². The first-order chi connectivity index (χ1) is 16.8. The van der Waals surface area contributed by atoms with Gasteiger partial charge in [0.25, 0.3) is 5.91 Å². The number of methoxy groups -OCH3 is 1. The van der Waals surface area contributed by atoms with Gasteiger partial charge in [0.15, 0.2) is 0 Å². The van der Waals surface area contributed by atoms with Gasteiger partial charge in [-0.1, -0.05) is 31.9 Å². The van der Waals surface area contributed by atoms with Crippen LogP contribution in [0.2, 0.25) is 0 Å². The smallest absolute Gasteiger partial charge is 0.258 e. The number of ether oxygens (including phenoxy) is 1. The zero-order chi connectivity index (χ0) is 25.8. The van der Waals surface area contributed by atoms with Crippen molar-refractivity contribution < 1.29 is 18.7 Å². The van der Waals surface area contributed by atoms with Gasteiger partial charge in [0.05, 0.1) is 12.7 Å². The molecule has 0 radical (unpaired) electrons. The average Bonchev–Trinajstić information content (AvgIpc) is 3.10. The molecule has 1 aliphatic heterocycles. The molecule has 2 heterocycles. The van der Waals surface area contributed by atoms with E-state index in [1.165, 1.54) is 31.5 Å². The zero-order valence-electron chi connectivity index (χ0n) is 19.8. The first-order valence-corrected chi connectivity index (χ1v) is 10.8. The van der Waals surface area contributed by atoms with E-state index in [0.717, 1.165) is 5.57 Å². The standard InChI is InChI=1S/C27H29FN4O3/c1-6-22(18-29-4)27(34)31-25-11-9-21(17-30-25)10-12-26(33)32-14-7-8-23(13-15-32)24(16-19(2)28)20(3)35-5/h6,8-12,16-18H,1-4,7,13-15H2,5H3,(H,30,31,34)/b12-10+,22-18+,24-16+. The Labute approximate surface area is 205 Å². The van der Waals surface area contributed by atoms with Crippen molar-refractivity contribution >= 4 is 30.4 Å². The second-order valence-corrected chi connectivity index (χ2v) is 7.46. The molecular formula is C27H29FN4O3. The van der Waals surface area contributed by atoms with Gasteiger partial charge in [-0.25, -0.2) is 9.37 Å². The molecule has 0 unspecified atom stereocenters. The molecule has 2 amide bonds. The number of allylic oxidation sites excluding steroid dienone is 3. The van der Waals surface area contributed by atoms with Gasteiger partial charge in [-0.05, 0) is 55.0 Å². The molecule has 8 heteroatoms. The van der Waals surface area contributed by atoms with Crippen molar-refractivity contribution in [2.75, 3.05) is 25.5 Å². The van der Waals surface area contributed by atoms with E-state index in [1.54, 1.807) is 29.3 Å². The number of carbonyl (C=O) groups is 2. The quantitative estimate of drug-likeness (QED) is 0.225. The fraction of sp³-hybridized carbons (Fsp3) is 0.185. The van der Waals surface area contributed by atoms with E-state index in [-0.39, 0.29) is 11.5 Å². The van der Waals surface area contributed by atoms with Gasteiger partial charge in [-0.3, -0.25) is 14.6 Å². The molecule has 0 saturated carbocycles. The van der Waals surface area contributed by atoms with Crippen molar-refractivity contribution in [1.29, 1.82) is 0 Å². The molecule has 0 aromatic carbocycles. The van der Waals surface area contributed by atoms with Crippen molar-refractivity contribution in [2.45, 2.75) is 12.8 Å². The van der Waals surface area contributed by atoms with E-state index in [4.69, 9.17) is 4.74 Å². The van der Waals surface area contributed by atoms with Crippen LogP contribution in [0.4, 0.5) is 10.2 Å². The second kappa shape index (κ2) is 13.4. The third-order valence-corrected chi connectivity index (χ3v) is 5.10. The molecule has 1 aromatic rings. The molecule has 0 aliphatic carbocycles. The third-order valence-electron chi connectivity index (χ3n) is 5.10. The molecule has 35 heavy (non-hydrogen) atoms. The number of nitrogens with one attached hydrogen (secondary N) is 1. The number of amides is 2. The molecule has 182 valence electrons. The van der Waals surface area contributed by atoms with Gasteiger partial charge in [0.1, 0.15) is 17.4 Å². The van der Waals surface area contributed by atoms with Crippen molar-refractivity contribution in [3.8, 4) is 0 Å². The maximum absolute atomic E-state index is 13.4. The summed E-state index contributed by atoms with van der Waals surface area (Å²) < 4.78 is 18.6. The van der Waals surface area contributed by atoms with Crippen molar-refractivity contribution in [3.05, 3.63) is 102 Å². The Morgan fingerprint density at radius 1 is 1.29 bits per heavy atom. The molecule has 0 saturated heterocycles. The minimum Gasteiger partial charge on any atom is -0.497 e. The normalized spacial score (nSPS) is 14.6. The Morgan fingerprint density at radius 3 is 2.66 bits per heavy atom. The van der Waals surface area contributed by atoms with Crippen LogP contribution in [0.25, 0.3) is 6.08 Å². The monoisotopic (exact) mass is 476 g/mol. The Morgan fingerprint density at radius 2 is 2.06 bits per heavy atom. The molecule has 0 spiro atoms. The fourth-order valence-corrected chi connectivity index (χ4v) is 3.29. The van der Waals surface area contributed by atoms with Gasteiger partial charge in [-0.15, -0.1) is 0 Å². The molecule has 2 rings (SSSR count). The number of aromatic nitrogens is 1. The van der Waals surface area contributed by atoms with E-state index in [2.05, 4.69) is 41.7 Å². The maximum Gasteiger partial charge on any atom is 0.258 e. The lowest BCUT2D eigenvalue weighted by Gasteiger charge is -2.19. The minimum absolute atomic E-state index is 0.152. The lowest BCUT2D eigenvalue weighted by atomic mass is 10.00. The minimum atomic E-state index is -0.593. The summed E-state index contributed by atoms with van der Waals surface area (Å²) in [4.78, 5) is 34.3. The highest BCUT2D eigenvalue weighted by Gasteiger charge is 2.18. The highest BCUT2D eigenvalue weighted by Crippen LogP contribution is 2.26. The lowest BCUT2D eigenvalue weighted by Crippen LogP contribution is -2.30. The van der Waals surface area contributed by atoms with Crippen molar-refractivity contribution in [1.82, 2.24) is 9.88 Å². The molecule has 0 atom stereocenters. The highest BCUT2D eigenvalue weighted by atomic mass is 19.1. The number of halogens is 1. The molecular weight excluding hydrogens is 447 g/mol. The summed E-state index contributed by atoms with van der Waals surface area (Å²) in [5.74, 6) is -0.462. The summed E-state index contributed by atoms with van der Waals surface area (Å²) in [5.41, 5.74) is 2.35. The number of nitrogens with zero attached hydrogens (tertiary/aromatic N) is 3. The molecule has 1 aromatic heterocycles. The summed E-state index contributed by atoms with van der Waals surface area (Å²) >= 11 is 0. The number of aliphatic imine (C=N–C) groups is 1. The summed E-state index contributed by atoms with van der Waals surface area (Å²) in [5, 5.41) is 2.63. The molecule has 0 bridgehead atoms. The maximum atomic E-state index is 13.4. The molecule has 1 N–H and O–H groups in total. The van der Waals surface area contributed by atoms with Crippen LogP contribution in [0.5, 0.6) is 0 Å². The number of carbonyl (C=O) groups excluding carboxylic acids is 2. The van der Waals surface area contributed by atoms with Crippen LogP contribution < -0.4 is 5.32 Å². The third kappa shape index (κ3) is 8.19. The van der Waals surface area contributed by atoms with Crippen LogP contribution in [-0.2, 0) is 14.3 Å². The van der Waals surface area contributed by atoms with Crippen LogP contribution in [-0.4, -0.2) is 48.6 Å². The number of rotatable bonds is 10. The first kappa shape index (κ1) is 26.9. The predicted octanol–water partition coefficient (Wildman–Crippen LogP) is 4.92. The topological polar surface area (TPSA) is 83.9 Å². The largest absolute Gasteiger partial charge is 0.497 e. The summed E-state index contributed by atoms with van der Waals surface area (Å²) in [6.07, 6.45) is 11.7. The van der Waals surface area contributed by atoms with Crippen LogP contribution in [0, 0.1) is 0 Å². The Balaban J connectivity index is 2.00. The van der Waals surface area contributed by atoms with E-state index in [9.17, 15) is 14.0 Å². The zero-order valence-corrected chi connectivity index (χ0v) is 19.8. The van der Waals surface area contributed by atoms with Gasteiger partial charge < -0.3 is 15.0 Å². The van der Waals surface area contributed by atoms with Gasteiger partial charge >= 0.3 is 0 Å². The second-order valence-electron chi connectivity index (χ2n) is 7.46. The number of pyridine rings is 1. The van der Waals surface area contributed by atoms with Gasteiger partial charge in [0.2, 0.25) is 5.91 Å². The SMILES string of the molecule is C=C/C(=C\N=C)C(=O)Nc1ccc(/C=C/C(=O)N2CCC=C(/C(=C/C(=C)F)C(=C)OC)CC2)cn1. The number of hydrogen-bond acceptors (Lipinski definition) is 5. The lowest BCUT2D eigenvalue weighted by molar-refractivity contribution is -0.125. The fourth-order valence-electron chi connectivity index (χ4n) is 3.29. The molecule has 0 fully saturated rings. The summed E-state index contributed by atoms with van der Waals surface area (Å²) in [6.45, 7) is 15.0. The number of hydrogen-bond donors (Lipinski definition) is 1. The van der Waals surface area contributed by atoms with Crippen LogP contribution in [0.3, 0.4) is 0 Å². The van der Waals surface area contributed by atoms with Gasteiger partial charge in [-0.2, -0.15) is 0 Å². The predicted molar refractivity (Wildman–Crippen MR) is 138 cm³/mol. The Bertz CT molecular complexity index is 1130. The Hall–Kier alpha value is -4.33. The summed E-state index contributed by atoms with van der Waals surface area (Å²) in [7, 11) is 1.47. The molecule has 7 nitrogen and oxygen atoms in total. The van der Waals surface area contributed by atoms with Crippen molar-refractivity contribution in [3.63, 3.8) is 0 Å². The van der Waals surface area contributed by atoms with Crippen LogP contribution in [0.15, 0.2) is 102 Å². The van der Waals surface area contributed by atoms with Crippen molar-refractivity contribution in [2.24, 2.45) is 4.99 Å². The van der Waals surface area contributed by atoms with Crippen LogP contribution in [0.1, 0.15) is 18.4 Å². The van der Waals surface area contributed by atoms with E-state index < -0.39 is 11.7 Å². The van der Waals surface area contributed by atoms with E-state index in [1.807, 2.05) is 6.08 Å². The number of anilines is 1. The van der Waals surface area contributed by atoms with Gasteiger partial charge in [0, 0.05) is 37.1 Å². The molecule has 1 aliphatic rings. The average molecular weight is 477 g/mol. The highest BCUT2D eigenvalue weighted by molar-refractivity contribution is 6.05. The van der Waals surface area contributed by atoms with Crippen LogP contribution >= 0.6 is 0 Å².